The molecule has 0 aromatic carbocycles. The molecule has 0 fully saturated rings. The van der Waals surface area contributed by atoms with Crippen LogP contribution in [0.15, 0.2) is 0 Å². The lowest BCUT2D eigenvalue weighted by molar-refractivity contribution is -0.209. The van der Waals surface area contributed by atoms with Gasteiger partial charge in [-0.1, -0.05) is 64.7 Å². The first kappa shape index (κ1) is 28.8. The molecule has 0 aliphatic heterocycles. The summed E-state index contributed by atoms with van der Waals surface area (Å²) in [5.74, 6) is -18.5. The van der Waals surface area contributed by atoms with E-state index in [-0.39, 0.29) is 6.42 Å². The van der Waals surface area contributed by atoms with E-state index in [9.17, 15) is 59.4 Å². The van der Waals surface area contributed by atoms with Gasteiger partial charge < -0.3 is 30.6 Å². The van der Waals surface area contributed by atoms with Gasteiger partial charge in [0, 0.05) is 0 Å². The Balaban J connectivity index is 5.97. The molecule has 0 heterocycles. The van der Waals surface area contributed by atoms with Gasteiger partial charge in [0.2, 0.25) is 5.41 Å². The molecular formula is C20H30O12. The zero-order valence-electron chi connectivity index (χ0n) is 17.8. The third-order valence-corrected chi connectivity index (χ3v) is 5.65. The van der Waals surface area contributed by atoms with Crippen LogP contribution in [0.25, 0.3) is 0 Å². The Morgan fingerprint density at radius 1 is 0.562 bits per heavy atom. The molecule has 0 radical (unpaired) electrons. The first-order valence-electron chi connectivity index (χ1n) is 10.3. The predicted molar refractivity (Wildman–Crippen MR) is 106 cm³/mol. The van der Waals surface area contributed by atoms with Gasteiger partial charge in [-0.2, -0.15) is 0 Å². The monoisotopic (exact) mass is 462 g/mol. The van der Waals surface area contributed by atoms with Crippen LogP contribution < -0.4 is 0 Å². The van der Waals surface area contributed by atoms with E-state index >= 15 is 0 Å². The van der Waals surface area contributed by atoms with Gasteiger partial charge in [-0.3, -0.25) is 28.8 Å². The van der Waals surface area contributed by atoms with Crippen LogP contribution >= 0.6 is 0 Å². The molecule has 0 aromatic heterocycles. The van der Waals surface area contributed by atoms with Gasteiger partial charge in [-0.15, -0.1) is 0 Å². The molecule has 1 atom stereocenters. The van der Waals surface area contributed by atoms with E-state index < -0.39 is 59.0 Å². The Morgan fingerprint density at radius 2 is 0.906 bits per heavy atom. The standard InChI is InChI=1S/C20H30O12/c1-2-3-4-5-6-7-8-9-10-11-12(13(21)22)19(14(23)24,15(25)26)20(16(27)28,17(29)30)18(31)32/h12H,2-11H2,1H3,(H,21,22)(H,23,24)(H,25,26)(H,27,28)(H,29,30)(H,31,32). The van der Waals surface area contributed by atoms with Crippen LogP contribution in [0.1, 0.15) is 71.1 Å². The molecule has 0 aliphatic carbocycles. The average Bonchev–Trinajstić information content (AvgIpc) is 2.66. The third-order valence-electron chi connectivity index (χ3n) is 5.65. The molecule has 12 nitrogen and oxygen atoms in total. The fourth-order valence-electron chi connectivity index (χ4n) is 3.94. The highest BCUT2D eigenvalue weighted by Gasteiger charge is 2.80. The molecule has 0 rings (SSSR count). The van der Waals surface area contributed by atoms with Gasteiger partial charge in [0.1, 0.15) is 0 Å². The zero-order chi connectivity index (χ0) is 25.1. The van der Waals surface area contributed by atoms with Gasteiger partial charge in [0.25, 0.3) is 5.41 Å². The van der Waals surface area contributed by atoms with Crippen LogP contribution in [0.4, 0.5) is 0 Å². The highest BCUT2D eigenvalue weighted by atomic mass is 16.4. The normalized spacial score (nSPS) is 12.7. The number of hydrogen-bond acceptors (Lipinski definition) is 6. The Bertz CT molecular complexity index is 676. The number of unbranched alkanes of at least 4 members (excludes halogenated alkanes) is 8. The Kier molecular flexibility index (Phi) is 11.4. The van der Waals surface area contributed by atoms with Crippen molar-refractivity contribution in [2.24, 2.45) is 16.7 Å². The zero-order valence-corrected chi connectivity index (χ0v) is 17.8. The predicted octanol–water partition coefficient (Wildman–Crippen LogP) is 2.00. The maximum absolute atomic E-state index is 12.0. The summed E-state index contributed by atoms with van der Waals surface area (Å²) in [5, 5.41) is 56.9. The summed E-state index contributed by atoms with van der Waals surface area (Å²) < 4.78 is 0. The van der Waals surface area contributed by atoms with Crippen molar-refractivity contribution in [3.63, 3.8) is 0 Å². The van der Waals surface area contributed by atoms with Gasteiger partial charge >= 0.3 is 35.8 Å². The molecular weight excluding hydrogens is 432 g/mol. The molecule has 0 saturated carbocycles. The number of hydrogen-bond donors (Lipinski definition) is 6. The van der Waals surface area contributed by atoms with Crippen molar-refractivity contribution in [1.29, 1.82) is 0 Å². The van der Waals surface area contributed by atoms with Crippen LogP contribution in [0.3, 0.4) is 0 Å². The maximum Gasteiger partial charge on any atom is 0.334 e. The van der Waals surface area contributed by atoms with Crippen molar-refractivity contribution >= 4 is 35.8 Å². The minimum Gasteiger partial charge on any atom is -0.481 e. The number of rotatable bonds is 18. The molecule has 182 valence electrons. The Labute approximate surface area is 183 Å². The fourth-order valence-corrected chi connectivity index (χ4v) is 3.94. The van der Waals surface area contributed by atoms with E-state index in [1.165, 1.54) is 0 Å². The van der Waals surface area contributed by atoms with Gasteiger partial charge in [-0.25, -0.2) is 0 Å². The van der Waals surface area contributed by atoms with Crippen LogP contribution in [-0.2, 0) is 28.8 Å². The lowest BCUT2D eigenvalue weighted by atomic mass is 9.55. The lowest BCUT2D eigenvalue weighted by Gasteiger charge is -2.39. The molecule has 1 unspecified atom stereocenters. The number of aliphatic carboxylic acids is 6. The van der Waals surface area contributed by atoms with Crippen molar-refractivity contribution in [3.05, 3.63) is 0 Å². The largest absolute Gasteiger partial charge is 0.481 e. The summed E-state index contributed by atoms with van der Waals surface area (Å²) >= 11 is 0. The second-order valence-corrected chi connectivity index (χ2v) is 7.59. The van der Waals surface area contributed by atoms with E-state index in [0.717, 1.165) is 38.5 Å². The average molecular weight is 462 g/mol. The summed E-state index contributed by atoms with van der Waals surface area (Å²) in [7, 11) is 0. The first-order valence-corrected chi connectivity index (χ1v) is 10.3. The highest BCUT2D eigenvalue weighted by Crippen LogP contribution is 2.49. The summed E-state index contributed by atoms with van der Waals surface area (Å²) in [5.41, 5.74) is -8.69. The lowest BCUT2D eigenvalue weighted by Crippen LogP contribution is -2.68. The van der Waals surface area contributed by atoms with E-state index in [2.05, 4.69) is 6.92 Å². The number of carboxylic acid groups (broad SMARTS) is 6. The summed E-state index contributed by atoms with van der Waals surface area (Å²) in [6.45, 7) is 2.07. The summed E-state index contributed by atoms with van der Waals surface area (Å²) in [6.07, 6.45) is 6.10. The molecule has 0 amide bonds. The van der Waals surface area contributed by atoms with E-state index in [0.29, 0.717) is 12.8 Å². The van der Waals surface area contributed by atoms with Gasteiger partial charge in [0.05, 0.1) is 5.92 Å². The van der Waals surface area contributed by atoms with Crippen LogP contribution in [0.2, 0.25) is 0 Å². The van der Waals surface area contributed by atoms with Crippen LogP contribution in [-0.4, -0.2) is 66.5 Å². The molecule has 32 heavy (non-hydrogen) atoms. The van der Waals surface area contributed by atoms with Crippen molar-refractivity contribution in [2.45, 2.75) is 71.1 Å². The molecule has 0 aromatic rings. The van der Waals surface area contributed by atoms with Crippen molar-refractivity contribution < 1.29 is 59.4 Å². The molecule has 0 saturated heterocycles. The molecule has 6 N–H and O–H groups in total. The number of carbonyl (C=O) groups is 6. The van der Waals surface area contributed by atoms with Crippen molar-refractivity contribution in [1.82, 2.24) is 0 Å². The maximum atomic E-state index is 12.0. The van der Waals surface area contributed by atoms with E-state index in [1.807, 2.05) is 0 Å². The van der Waals surface area contributed by atoms with E-state index in [4.69, 9.17) is 0 Å². The highest BCUT2D eigenvalue weighted by molar-refractivity contribution is 6.25. The Hall–Kier alpha value is -3.18. The summed E-state index contributed by atoms with van der Waals surface area (Å²) in [4.78, 5) is 71.0. The van der Waals surface area contributed by atoms with E-state index in [1.54, 1.807) is 0 Å². The van der Waals surface area contributed by atoms with Crippen molar-refractivity contribution in [2.75, 3.05) is 0 Å². The van der Waals surface area contributed by atoms with Gasteiger partial charge in [-0.05, 0) is 6.42 Å². The number of carboxylic acids is 6. The molecule has 12 heteroatoms. The smallest absolute Gasteiger partial charge is 0.334 e. The minimum absolute atomic E-state index is 0.0663. The molecule has 0 bridgehead atoms. The second kappa shape index (κ2) is 12.6. The summed E-state index contributed by atoms with van der Waals surface area (Å²) in [6, 6.07) is 0. The molecule has 0 aliphatic rings. The minimum atomic E-state index is -4.48. The first-order chi connectivity index (χ1) is 14.9. The van der Waals surface area contributed by atoms with Gasteiger partial charge in [0.15, 0.2) is 0 Å². The van der Waals surface area contributed by atoms with Crippen LogP contribution in [0.5, 0.6) is 0 Å². The van der Waals surface area contributed by atoms with Crippen molar-refractivity contribution in [3.8, 4) is 0 Å². The van der Waals surface area contributed by atoms with Crippen LogP contribution in [0, 0.1) is 16.7 Å². The fraction of sp³-hybridized carbons (Fsp3) is 0.700. The Morgan fingerprint density at radius 3 is 1.19 bits per heavy atom. The second-order valence-electron chi connectivity index (χ2n) is 7.59. The SMILES string of the molecule is CCCCCCCCCCCC(C(=O)O)C(C(=O)O)(C(=O)O)C(C(=O)O)(C(=O)O)C(=O)O. The quantitative estimate of drug-likeness (QED) is 0.127. The topological polar surface area (TPSA) is 224 Å². The third kappa shape index (κ3) is 5.54. The molecule has 0 spiro atoms.